The number of amides is 1. The molecule has 0 aliphatic rings. The Bertz CT molecular complexity index is 692. The molecule has 1 aromatic carbocycles. The van der Waals surface area contributed by atoms with Crippen LogP contribution in [0, 0.1) is 0 Å². The first-order valence-electron chi connectivity index (χ1n) is 7.40. The summed E-state index contributed by atoms with van der Waals surface area (Å²) in [6, 6.07) is 9.25. The van der Waals surface area contributed by atoms with Crippen molar-refractivity contribution in [2.45, 2.75) is 19.6 Å². The number of methoxy groups -OCH3 is 1. The van der Waals surface area contributed by atoms with Crippen LogP contribution >= 0.6 is 11.3 Å². The van der Waals surface area contributed by atoms with Crippen LogP contribution in [0.25, 0.3) is 6.08 Å². The third-order valence-electron chi connectivity index (χ3n) is 3.24. The summed E-state index contributed by atoms with van der Waals surface area (Å²) < 4.78 is 10.2. The number of thiophene rings is 1. The van der Waals surface area contributed by atoms with Crippen LogP contribution in [-0.2, 0) is 20.9 Å². The molecule has 0 fully saturated rings. The zero-order chi connectivity index (χ0) is 17.4. The van der Waals surface area contributed by atoms with Crippen molar-refractivity contribution in [3.05, 3.63) is 58.3 Å². The maximum Gasteiger partial charge on any atom is 0.331 e. The highest BCUT2D eigenvalue weighted by Gasteiger charge is 2.16. The lowest BCUT2D eigenvalue weighted by Gasteiger charge is -2.12. The molecule has 0 saturated carbocycles. The summed E-state index contributed by atoms with van der Waals surface area (Å²) in [6.07, 6.45) is 2.11. The Morgan fingerprint density at radius 3 is 2.62 bits per heavy atom. The van der Waals surface area contributed by atoms with Gasteiger partial charge in [-0.3, -0.25) is 4.79 Å². The number of ether oxygens (including phenoxy) is 2. The largest absolute Gasteiger partial charge is 0.497 e. The van der Waals surface area contributed by atoms with Crippen molar-refractivity contribution in [2.24, 2.45) is 0 Å². The molecule has 2 rings (SSSR count). The van der Waals surface area contributed by atoms with Gasteiger partial charge in [-0.25, -0.2) is 4.79 Å². The van der Waals surface area contributed by atoms with Gasteiger partial charge in [0, 0.05) is 12.6 Å². The summed E-state index contributed by atoms with van der Waals surface area (Å²) in [5, 5.41) is 6.56. The highest BCUT2D eigenvalue weighted by molar-refractivity contribution is 7.08. The number of carbonyl (C=O) groups is 2. The van der Waals surface area contributed by atoms with Crippen LogP contribution in [-0.4, -0.2) is 25.1 Å². The fourth-order valence-electron chi connectivity index (χ4n) is 1.88. The lowest BCUT2D eigenvalue weighted by atomic mass is 10.2. The number of nitrogens with one attached hydrogen (secondary N) is 1. The Morgan fingerprint density at radius 2 is 2.00 bits per heavy atom. The van der Waals surface area contributed by atoms with Crippen molar-refractivity contribution in [1.82, 2.24) is 5.32 Å². The first-order valence-corrected chi connectivity index (χ1v) is 8.34. The van der Waals surface area contributed by atoms with Gasteiger partial charge in [0.2, 0.25) is 0 Å². The topological polar surface area (TPSA) is 64.6 Å². The first kappa shape index (κ1) is 17.7. The molecule has 126 valence electrons. The quantitative estimate of drug-likeness (QED) is 0.619. The summed E-state index contributed by atoms with van der Waals surface area (Å²) in [7, 11) is 1.60. The van der Waals surface area contributed by atoms with Crippen molar-refractivity contribution in [3.63, 3.8) is 0 Å². The van der Waals surface area contributed by atoms with Crippen molar-refractivity contribution in [1.29, 1.82) is 0 Å². The zero-order valence-electron chi connectivity index (χ0n) is 13.5. The SMILES string of the molecule is COc1ccc(CNC(=O)[C@@H](C)OC(=O)/C=C/c2ccsc2)cc1. The molecular weight excluding hydrogens is 326 g/mol. The Morgan fingerprint density at radius 1 is 1.25 bits per heavy atom. The van der Waals surface area contributed by atoms with Gasteiger partial charge in [-0.05, 0) is 53.1 Å². The number of hydrogen-bond acceptors (Lipinski definition) is 5. The molecule has 0 aliphatic heterocycles. The van der Waals surface area contributed by atoms with E-state index in [4.69, 9.17) is 9.47 Å². The Labute approximate surface area is 144 Å². The third kappa shape index (κ3) is 5.55. The Kier molecular flexibility index (Phi) is 6.57. The van der Waals surface area contributed by atoms with E-state index in [0.717, 1.165) is 16.9 Å². The van der Waals surface area contributed by atoms with E-state index >= 15 is 0 Å². The van der Waals surface area contributed by atoms with Gasteiger partial charge in [-0.1, -0.05) is 12.1 Å². The number of esters is 1. The maximum atomic E-state index is 12.0. The smallest absolute Gasteiger partial charge is 0.331 e. The van der Waals surface area contributed by atoms with Crippen LogP contribution in [0.1, 0.15) is 18.1 Å². The summed E-state index contributed by atoms with van der Waals surface area (Å²) in [6.45, 7) is 1.90. The molecule has 1 atom stereocenters. The van der Waals surface area contributed by atoms with Gasteiger partial charge in [0.25, 0.3) is 5.91 Å². The number of hydrogen-bond donors (Lipinski definition) is 1. The van der Waals surface area contributed by atoms with Crippen LogP contribution in [0.15, 0.2) is 47.2 Å². The molecule has 0 spiro atoms. The highest BCUT2D eigenvalue weighted by atomic mass is 32.1. The molecule has 1 amide bonds. The molecule has 0 aliphatic carbocycles. The Hall–Kier alpha value is -2.60. The van der Waals surface area contributed by atoms with Crippen LogP contribution in [0.4, 0.5) is 0 Å². The molecule has 1 aromatic heterocycles. The Balaban J connectivity index is 1.77. The average molecular weight is 345 g/mol. The monoisotopic (exact) mass is 345 g/mol. The predicted molar refractivity (Wildman–Crippen MR) is 93.7 cm³/mol. The molecule has 24 heavy (non-hydrogen) atoms. The van der Waals surface area contributed by atoms with Gasteiger partial charge in [0.1, 0.15) is 5.75 Å². The second-order valence-electron chi connectivity index (χ2n) is 5.04. The van der Waals surface area contributed by atoms with Crippen LogP contribution in [0.5, 0.6) is 5.75 Å². The number of benzene rings is 1. The van der Waals surface area contributed by atoms with E-state index in [1.165, 1.54) is 6.08 Å². The minimum atomic E-state index is -0.858. The molecule has 6 heteroatoms. The van der Waals surface area contributed by atoms with Crippen molar-refractivity contribution < 1.29 is 19.1 Å². The van der Waals surface area contributed by atoms with E-state index in [1.54, 1.807) is 31.4 Å². The van der Waals surface area contributed by atoms with E-state index in [0.29, 0.717) is 6.54 Å². The summed E-state index contributed by atoms with van der Waals surface area (Å²) in [4.78, 5) is 23.7. The van der Waals surface area contributed by atoms with Crippen LogP contribution < -0.4 is 10.1 Å². The van der Waals surface area contributed by atoms with E-state index in [9.17, 15) is 9.59 Å². The van der Waals surface area contributed by atoms with Crippen LogP contribution in [0.3, 0.4) is 0 Å². The lowest BCUT2D eigenvalue weighted by molar-refractivity contribution is -0.150. The van der Waals surface area contributed by atoms with Gasteiger partial charge >= 0.3 is 5.97 Å². The molecule has 0 saturated heterocycles. The van der Waals surface area contributed by atoms with Gasteiger partial charge in [-0.15, -0.1) is 0 Å². The zero-order valence-corrected chi connectivity index (χ0v) is 14.3. The molecule has 2 aromatic rings. The van der Waals surface area contributed by atoms with Gasteiger partial charge in [0.15, 0.2) is 6.10 Å². The standard InChI is InChI=1S/C18H19NO4S/c1-13(23-17(20)8-5-15-9-10-24-12-15)18(21)19-11-14-3-6-16(22-2)7-4-14/h3-10,12-13H,11H2,1-2H3,(H,19,21)/b8-5+/t13-/m1/s1. The van der Waals surface area contributed by atoms with Gasteiger partial charge in [-0.2, -0.15) is 11.3 Å². The highest BCUT2D eigenvalue weighted by Crippen LogP contribution is 2.11. The van der Waals surface area contributed by atoms with Crippen molar-refractivity contribution >= 4 is 29.3 Å². The van der Waals surface area contributed by atoms with Crippen molar-refractivity contribution in [2.75, 3.05) is 7.11 Å². The first-order chi connectivity index (χ1) is 11.6. The molecule has 1 N–H and O–H groups in total. The predicted octanol–water partition coefficient (Wildman–Crippen LogP) is 3.02. The van der Waals surface area contributed by atoms with Gasteiger partial charge in [0.05, 0.1) is 7.11 Å². The fourth-order valence-corrected chi connectivity index (χ4v) is 2.51. The lowest BCUT2D eigenvalue weighted by Crippen LogP contribution is -2.35. The minimum absolute atomic E-state index is 0.344. The van der Waals surface area contributed by atoms with Gasteiger partial charge < -0.3 is 14.8 Å². The molecule has 5 nitrogen and oxygen atoms in total. The van der Waals surface area contributed by atoms with E-state index in [2.05, 4.69) is 5.32 Å². The number of rotatable bonds is 7. The molecule has 0 unspecified atom stereocenters. The number of carbonyl (C=O) groups excluding carboxylic acids is 2. The molecule has 0 radical (unpaired) electrons. The van der Waals surface area contributed by atoms with E-state index < -0.39 is 12.1 Å². The second kappa shape index (κ2) is 8.88. The van der Waals surface area contributed by atoms with Crippen molar-refractivity contribution in [3.8, 4) is 5.75 Å². The fraction of sp³-hybridized carbons (Fsp3) is 0.222. The summed E-state index contributed by atoms with van der Waals surface area (Å²) in [5.74, 6) is -0.138. The molecule has 0 bridgehead atoms. The summed E-state index contributed by atoms with van der Waals surface area (Å²) in [5.41, 5.74) is 1.86. The molecule has 1 heterocycles. The average Bonchev–Trinajstić information content (AvgIpc) is 3.11. The summed E-state index contributed by atoms with van der Waals surface area (Å²) >= 11 is 1.54. The molecular formula is C18H19NO4S. The second-order valence-corrected chi connectivity index (χ2v) is 5.82. The van der Waals surface area contributed by atoms with Crippen LogP contribution in [0.2, 0.25) is 0 Å². The minimum Gasteiger partial charge on any atom is -0.497 e. The van der Waals surface area contributed by atoms with E-state index in [1.807, 2.05) is 41.1 Å². The third-order valence-corrected chi connectivity index (χ3v) is 3.94. The van der Waals surface area contributed by atoms with E-state index in [-0.39, 0.29) is 5.91 Å². The maximum absolute atomic E-state index is 12.0. The normalized spacial score (nSPS) is 11.9.